The highest BCUT2D eigenvalue weighted by Crippen LogP contribution is 2.30. The predicted octanol–water partition coefficient (Wildman–Crippen LogP) is 0.950. The zero-order valence-corrected chi connectivity index (χ0v) is 11.0. The molecule has 0 unspecified atom stereocenters. The van der Waals surface area contributed by atoms with E-state index >= 15 is 0 Å². The van der Waals surface area contributed by atoms with Crippen LogP contribution in [0, 0.1) is 6.92 Å². The first-order chi connectivity index (χ1) is 9.47. The van der Waals surface area contributed by atoms with E-state index < -0.39 is 5.91 Å². The van der Waals surface area contributed by atoms with Gasteiger partial charge in [0.05, 0.1) is 5.52 Å². The summed E-state index contributed by atoms with van der Waals surface area (Å²) in [6.07, 6.45) is 0.377. The minimum Gasteiger partial charge on any atom is -0.370 e. The van der Waals surface area contributed by atoms with Gasteiger partial charge in [0.1, 0.15) is 5.69 Å². The molecule has 1 aliphatic heterocycles. The van der Waals surface area contributed by atoms with Gasteiger partial charge >= 0.3 is 0 Å². The maximum absolute atomic E-state index is 12.1. The minimum absolute atomic E-state index is 0.102. The standard InChI is InChI=1S/C14H14N4O2/c1-7-4-8-6-10(13(20)17-14(15)16)18-3-2-11(19)9(5-7)12(8)18/h4-6H,2-3H2,1H3,(H4,15,16,17,20). The van der Waals surface area contributed by atoms with E-state index in [1.54, 1.807) is 6.07 Å². The molecule has 6 heteroatoms. The quantitative estimate of drug-likeness (QED) is 0.594. The molecular weight excluding hydrogens is 256 g/mol. The number of aliphatic imine (C=N–C) groups is 1. The maximum atomic E-state index is 12.1. The average molecular weight is 270 g/mol. The third kappa shape index (κ3) is 1.77. The van der Waals surface area contributed by atoms with E-state index in [0.29, 0.717) is 24.2 Å². The molecule has 1 amide bonds. The lowest BCUT2D eigenvalue weighted by molar-refractivity contribution is 0.0958. The Kier molecular flexibility index (Phi) is 2.60. The van der Waals surface area contributed by atoms with Crippen molar-refractivity contribution in [1.82, 2.24) is 4.57 Å². The van der Waals surface area contributed by atoms with Gasteiger partial charge in [-0.15, -0.1) is 0 Å². The molecule has 102 valence electrons. The van der Waals surface area contributed by atoms with Crippen molar-refractivity contribution in [2.24, 2.45) is 16.5 Å². The van der Waals surface area contributed by atoms with Crippen molar-refractivity contribution in [1.29, 1.82) is 0 Å². The molecule has 1 aromatic carbocycles. The molecule has 0 aliphatic carbocycles. The van der Waals surface area contributed by atoms with Crippen LogP contribution in [0.2, 0.25) is 0 Å². The van der Waals surface area contributed by atoms with E-state index in [1.807, 2.05) is 23.6 Å². The van der Waals surface area contributed by atoms with Gasteiger partial charge in [0.15, 0.2) is 11.7 Å². The molecule has 2 heterocycles. The number of carbonyl (C=O) groups is 2. The Morgan fingerprint density at radius 1 is 1.30 bits per heavy atom. The number of hydrogen-bond acceptors (Lipinski definition) is 2. The number of aromatic nitrogens is 1. The molecule has 0 radical (unpaired) electrons. The fourth-order valence-electron chi connectivity index (χ4n) is 2.71. The van der Waals surface area contributed by atoms with Crippen molar-refractivity contribution in [2.75, 3.05) is 0 Å². The zero-order valence-electron chi connectivity index (χ0n) is 11.0. The van der Waals surface area contributed by atoms with Crippen LogP contribution in [0.15, 0.2) is 23.2 Å². The van der Waals surface area contributed by atoms with Crippen LogP contribution in [-0.2, 0) is 6.54 Å². The van der Waals surface area contributed by atoms with Gasteiger partial charge in [0.2, 0.25) is 0 Å². The number of benzene rings is 1. The number of rotatable bonds is 1. The zero-order chi connectivity index (χ0) is 14.4. The summed E-state index contributed by atoms with van der Waals surface area (Å²) in [6.45, 7) is 2.39. The van der Waals surface area contributed by atoms with Gasteiger partial charge in [0.25, 0.3) is 5.91 Å². The predicted molar refractivity (Wildman–Crippen MR) is 75.8 cm³/mol. The maximum Gasteiger partial charge on any atom is 0.296 e. The van der Waals surface area contributed by atoms with Crippen LogP contribution in [0.1, 0.15) is 32.8 Å². The van der Waals surface area contributed by atoms with Crippen molar-refractivity contribution in [3.05, 3.63) is 35.0 Å². The highest BCUT2D eigenvalue weighted by molar-refractivity contribution is 6.12. The normalized spacial score (nSPS) is 13.6. The van der Waals surface area contributed by atoms with Gasteiger partial charge in [-0.05, 0) is 30.7 Å². The number of aryl methyl sites for hydroxylation is 2. The summed E-state index contributed by atoms with van der Waals surface area (Å²) in [7, 11) is 0. The number of hydrogen-bond donors (Lipinski definition) is 2. The van der Waals surface area contributed by atoms with Crippen molar-refractivity contribution < 1.29 is 9.59 Å². The molecule has 3 rings (SSSR count). The second-order valence-electron chi connectivity index (χ2n) is 4.95. The largest absolute Gasteiger partial charge is 0.370 e. The Balaban J connectivity index is 2.31. The molecule has 1 aromatic heterocycles. The van der Waals surface area contributed by atoms with E-state index in [9.17, 15) is 9.59 Å². The molecule has 0 spiro atoms. The Morgan fingerprint density at radius 2 is 2.05 bits per heavy atom. The van der Waals surface area contributed by atoms with Gasteiger partial charge in [0, 0.05) is 23.9 Å². The van der Waals surface area contributed by atoms with Gasteiger partial charge in [-0.2, -0.15) is 4.99 Å². The number of nitrogens with zero attached hydrogens (tertiary/aromatic N) is 2. The molecule has 0 atom stereocenters. The summed E-state index contributed by atoms with van der Waals surface area (Å²) in [6, 6.07) is 5.54. The summed E-state index contributed by atoms with van der Waals surface area (Å²) in [4.78, 5) is 27.6. The highest BCUT2D eigenvalue weighted by Gasteiger charge is 2.24. The van der Waals surface area contributed by atoms with E-state index in [4.69, 9.17) is 11.5 Å². The minimum atomic E-state index is -0.487. The Hall–Kier alpha value is -2.63. The summed E-state index contributed by atoms with van der Waals surface area (Å²) < 4.78 is 1.82. The van der Waals surface area contributed by atoms with Crippen molar-refractivity contribution in [3.8, 4) is 0 Å². The second-order valence-corrected chi connectivity index (χ2v) is 4.95. The van der Waals surface area contributed by atoms with E-state index in [-0.39, 0.29) is 11.7 Å². The van der Waals surface area contributed by atoms with Crippen LogP contribution in [0.5, 0.6) is 0 Å². The fraction of sp³-hybridized carbons (Fsp3) is 0.214. The van der Waals surface area contributed by atoms with Gasteiger partial charge in [-0.3, -0.25) is 9.59 Å². The third-order valence-electron chi connectivity index (χ3n) is 3.45. The molecule has 1 aliphatic rings. The van der Waals surface area contributed by atoms with Crippen LogP contribution >= 0.6 is 0 Å². The van der Waals surface area contributed by atoms with Crippen molar-refractivity contribution in [3.63, 3.8) is 0 Å². The highest BCUT2D eigenvalue weighted by atomic mass is 16.1. The number of carbonyl (C=O) groups excluding carboxylic acids is 2. The molecule has 0 bridgehead atoms. The number of ketones is 1. The van der Waals surface area contributed by atoms with E-state index in [2.05, 4.69) is 4.99 Å². The lowest BCUT2D eigenvalue weighted by Crippen LogP contribution is -2.25. The van der Waals surface area contributed by atoms with E-state index in [1.165, 1.54) is 0 Å². The van der Waals surface area contributed by atoms with Crippen LogP contribution < -0.4 is 11.5 Å². The second kappa shape index (κ2) is 4.19. The SMILES string of the molecule is Cc1cc2c3c(c1)cc(C(=O)N=C(N)N)n3CCC2=O. The molecule has 20 heavy (non-hydrogen) atoms. The lowest BCUT2D eigenvalue weighted by Gasteiger charge is -2.16. The van der Waals surface area contributed by atoms with Crippen LogP contribution in [0.4, 0.5) is 0 Å². The molecule has 2 aromatic rings. The van der Waals surface area contributed by atoms with Gasteiger partial charge in [-0.1, -0.05) is 0 Å². The summed E-state index contributed by atoms with van der Waals surface area (Å²) >= 11 is 0. The number of guanidine groups is 1. The van der Waals surface area contributed by atoms with Gasteiger partial charge < -0.3 is 16.0 Å². The average Bonchev–Trinajstić information content (AvgIpc) is 2.72. The Labute approximate surface area is 115 Å². The molecule has 0 saturated carbocycles. The van der Waals surface area contributed by atoms with Crippen LogP contribution in [0.3, 0.4) is 0 Å². The first kappa shape index (κ1) is 12.4. The molecule has 6 nitrogen and oxygen atoms in total. The smallest absolute Gasteiger partial charge is 0.296 e. The number of Topliss-reactive ketones (excluding diaryl/α,β-unsaturated/α-hetero) is 1. The van der Waals surface area contributed by atoms with Crippen molar-refractivity contribution in [2.45, 2.75) is 19.9 Å². The third-order valence-corrected chi connectivity index (χ3v) is 3.45. The summed E-state index contributed by atoms with van der Waals surface area (Å²) in [5, 5.41) is 0.863. The van der Waals surface area contributed by atoms with Gasteiger partial charge in [-0.25, -0.2) is 0 Å². The Morgan fingerprint density at radius 3 is 2.75 bits per heavy atom. The molecule has 0 fully saturated rings. The van der Waals surface area contributed by atoms with E-state index in [0.717, 1.165) is 16.5 Å². The van der Waals surface area contributed by atoms with Crippen LogP contribution in [-0.4, -0.2) is 22.2 Å². The number of amides is 1. The lowest BCUT2D eigenvalue weighted by atomic mass is 10.00. The van der Waals surface area contributed by atoms with Crippen molar-refractivity contribution >= 4 is 28.6 Å². The fourth-order valence-corrected chi connectivity index (χ4v) is 2.71. The summed E-state index contributed by atoms with van der Waals surface area (Å²) in [5.74, 6) is -0.652. The molecule has 0 saturated heterocycles. The number of nitrogens with two attached hydrogens (primary N) is 2. The first-order valence-electron chi connectivity index (χ1n) is 6.28. The van der Waals surface area contributed by atoms with Crippen LogP contribution in [0.25, 0.3) is 10.9 Å². The topological polar surface area (TPSA) is 103 Å². The Bertz CT molecular complexity index is 782. The first-order valence-corrected chi connectivity index (χ1v) is 6.28. The monoisotopic (exact) mass is 270 g/mol. The summed E-state index contributed by atoms with van der Waals surface area (Å²) in [5.41, 5.74) is 13.4. The molecule has 4 N–H and O–H groups in total. The molecular formula is C14H14N4O2.